The van der Waals surface area contributed by atoms with Crippen molar-refractivity contribution in [3.8, 4) is 0 Å². The van der Waals surface area contributed by atoms with Crippen LogP contribution in [0.1, 0.15) is 15.9 Å². The van der Waals surface area contributed by atoms with Gasteiger partial charge in [-0.1, -0.05) is 12.1 Å². The molecule has 2 amide bonds. The van der Waals surface area contributed by atoms with Crippen LogP contribution in [-0.2, 0) is 17.9 Å². The van der Waals surface area contributed by atoms with E-state index in [4.69, 9.17) is 0 Å². The highest BCUT2D eigenvalue weighted by atomic mass is 19.1. The Labute approximate surface area is 153 Å². The fourth-order valence-corrected chi connectivity index (χ4v) is 2.57. The lowest BCUT2D eigenvalue weighted by Crippen LogP contribution is -2.32. The number of benzene rings is 2. The maximum absolute atomic E-state index is 13.3. The number of nitrogens with one attached hydrogen (secondary N) is 2. The molecule has 138 valence electrons. The van der Waals surface area contributed by atoms with Crippen LogP contribution in [0.15, 0.2) is 53.6 Å². The summed E-state index contributed by atoms with van der Waals surface area (Å²) in [7, 11) is 1.55. The van der Waals surface area contributed by atoms with Gasteiger partial charge in [0.15, 0.2) is 0 Å². The second kappa shape index (κ2) is 7.77. The minimum absolute atomic E-state index is 0.120. The molecule has 2 aromatic carbocycles. The molecule has 0 aliphatic heterocycles. The number of hydrogen-bond donors (Lipinski definition) is 2. The van der Waals surface area contributed by atoms with Gasteiger partial charge in [-0.05, 0) is 35.9 Å². The summed E-state index contributed by atoms with van der Waals surface area (Å²) in [6, 6.07) is 10.5. The summed E-state index contributed by atoms with van der Waals surface area (Å²) in [5.74, 6) is -1.11. The van der Waals surface area contributed by atoms with Crippen LogP contribution in [-0.4, -0.2) is 28.4 Å². The zero-order chi connectivity index (χ0) is 19.4. The number of amides is 2. The Hall–Kier alpha value is -3.55. The predicted molar refractivity (Wildman–Crippen MR) is 97.6 cm³/mol. The maximum atomic E-state index is 13.3. The minimum Gasteiger partial charge on any atom is -0.355 e. The average Bonchev–Trinajstić information content (AvgIpc) is 2.68. The van der Waals surface area contributed by atoms with Crippen molar-refractivity contribution in [2.45, 2.75) is 13.1 Å². The molecular formula is C19H17FN4O3. The number of hydrogen-bond acceptors (Lipinski definition) is 4. The largest absolute Gasteiger partial charge is 0.355 e. The summed E-state index contributed by atoms with van der Waals surface area (Å²) < 4.78 is 14.5. The third-order valence-electron chi connectivity index (χ3n) is 4.03. The lowest BCUT2D eigenvalue weighted by Gasteiger charge is -2.08. The summed E-state index contributed by atoms with van der Waals surface area (Å²) in [4.78, 5) is 40.0. The molecule has 3 rings (SSSR count). The average molecular weight is 368 g/mol. The highest BCUT2D eigenvalue weighted by Crippen LogP contribution is 2.08. The molecule has 0 unspecified atom stereocenters. The van der Waals surface area contributed by atoms with E-state index in [2.05, 4.69) is 15.6 Å². The van der Waals surface area contributed by atoms with Gasteiger partial charge in [-0.2, -0.15) is 0 Å². The number of fused-ring (bicyclic) bond motifs is 1. The highest BCUT2D eigenvalue weighted by molar-refractivity contribution is 5.93. The molecule has 3 aromatic rings. The van der Waals surface area contributed by atoms with E-state index in [1.165, 1.54) is 18.5 Å². The molecule has 0 fully saturated rings. The quantitative estimate of drug-likeness (QED) is 0.708. The molecule has 0 aliphatic rings. The van der Waals surface area contributed by atoms with E-state index < -0.39 is 11.4 Å². The fourth-order valence-electron chi connectivity index (χ4n) is 2.57. The summed E-state index contributed by atoms with van der Waals surface area (Å²) in [6.45, 7) is 0.0197. The van der Waals surface area contributed by atoms with Crippen LogP contribution in [0.2, 0.25) is 0 Å². The van der Waals surface area contributed by atoms with Crippen molar-refractivity contribution in [2.75, 3.05) is 7.05 Å². The normalized spacial score (nSPS) is 10.6. The second-order valence-corrected chi connectivity index (χ2v) is 5.89. The molecule has 0 aliphatic carbocycles. The first-order valence-electron chi connectivity index (χ1n) is 8.20. The van der Waals surface area contributed by atoms with E-state index in [1.54, 1.807) is 31.3 Å². The van der Waals surface area contributed by atoms with Crippen molar-refractivity contribution >= 4 is 22.7 Å². The van der Waals surface area contributed by atoms with E-state index in [0.717, 1.165) is 16.2 Å². The molecule has 0 bridgehead atoms. The Bertz CT molecular complexity index is 1060. The van der Waals surface area contributed by atoms with Crippen molar-refractivity contribution in [2.24, 2.45) is 0 Å². The molecule has 2 N–H and O–H groups in total. The van der Waals surface area contributed by atoms with Gasteiger partial charge in [0.1, 0.15) is 12.4 Å². The molecular weight excluding hydrogens is 351 g/mol. The number of nitrogens with zero attached hydrogens (tertiary/aromatic N) is 2. The van der Waals surface area contributed by atoms with Crippen LogP contribution in [0.4, 0.5) is 4.39 Å². The Balaban J connectivity index is 1.66. The van der Waals surface area contributed by atoms with Crippen molar-refractivity contribution in [3.63, 3.8) is 0 Å². The highest BCUT2D eigenvalue weighted by Gasteiger charge is 2.09. The standard InChI is InChI=1S/C19H17FN4O3/c1-21-18(26)13-4-2-12(3-5-13)9-22-17(25)10-24-11-23-16-7-6-14(20)8-15(16)19(24)27/h2-8,11H,9-10H2,1H3,(H,21,26)(H,22,25). The number of carbonyl (C=O) groups is 2. The van der Waals surface area contributed by atoms with Gasteiger partial charge in [-0.25, -0.2) is 9.37 Å². The van der Waals surface area contributed by atoms with Gasteiger partial charge in [0, 0.05) is 19.2 Å². The van der Waals surface area contributed by atoms with Crippen LogP contribution in [0, 0.1) is 5.82 Å². The third kappa shape index (κ3) is 4.17. The number of rotatable bonds is 5. The van der Waals surface area contributed by atoms with Crippen molar-refractivity contribution in [1.82, 2.24) is 20.2 Å². The maximum Gasteiger partial charge on any atom is 0.261 e. The van der Waals surface area contributed by atoms with Gasteiger partial charge in [-0.3, -0.25) is 19.0 Å². The van der Waals surface area contributed by atoms with Crippen LogP contribution >= 0.6 is 0 Å². The van der Waals surface area contributed by atoms with E-state index >= 15 is 0 Å². The summed E-state index contributed by atoms with van der Waals surface area (Å²) in [6.07, 6.45) is 1.26. The SMILES string of the molecule is CNC(=O)c1ccc(CNC(=O)Cn2cnc3ccc(F)cc3c2=O)cc1. The van der Waals surface area contributed by atoms with Crippen LogP contribution < -0.4 is 16.2 Å². The molecule has 0 atom stereocenters. The predicted octanol–water partition coefficient (Wildman–Crippen LogP) is 1.21. The monoisotopic (exact) mass is 368 g/mol. The molecule has 0 saturated carbocycles. The van der Waals surface area contributed by atoms with Gasteiger partial charge >= 0.3 is 0 Å². The van der Waals surface area contributed by atoms with Crippen molar-refractivity contribution in [3.05, 3.63) is 76.1 Å². The molecule has 27 heavy (non-hydrogen) atoms. The van der Waals surface area contributed by atoms with Gasteiger partial charge in [0.2, 0.25) is 5.91 Å². The van der Waals surface area contributed by atoms with E-state index in [1.807, 2.05) is 0 Å². The zero-order valence-electron chi connectivity index (χ0n) is 14.5. The zero-order valence-corrected chi connectivity index (χ0v) is 14.5. The molecule has 0 spiro atoms. The Kier molecular flexibility index (Phi) is 5.25. The topological polar surface area (TPSA) is 93.1 Å². The Morgan fingerprint density at radius 3 is 2.59 bits per heavy atom. The van der Waals surface area contributed by atoms with E-state index in [9.17, 15) is 18.8 Å². The van der Waals surface area contributed by atoms with E-state index in [-0.39, 0.29) is 30.3 Å². The smallest absolute Gasteiger partial charge is 0.261 e. The fraction of sp³-hybridized carbons (Fsp3) is 0.158. The number of halogens is 1. The molecule has 0 saturated heterocycles. The first-order valence-corrected chi connectivity index (χ1v) is 8.20. The van der Waals surface area contributed by atoms with Gasteiger partial charge in [0.25, 0.3) is 11.5 Å². The molecule has 8 heteroatoms. The molecule has 1 aromatic heterocycles. The van der Waals surface area contributed by atoms with Crippen molar-refractivity contribution < 1.29 is 14.0 Å². The third-order valence-corrected chi connectivity index (χ3v) is 4.03. The van der Waals surface area contributed by atoms with Crippen LogP contribution in [0.3, 0.4) is 0 Å². The number of aromatic nitrogens is 2. The van der Waals surface area contributed by atoms with Gasteiger partial charge in [-0.15, -0.1) is 0 Å². The summed E-state index contributed by atoms with van der Waals surface area (Å²) in [5.41, 5.74) is 1.22. The van der Waals surface area contributed by atoms with Gasteiger partial charge in [0.05, 0.1) is 17.2 Å². The number of carbonyl (C=O) groups excluding carboxylic acids is 2. The molecule has 0 radical (unpaired) electrons. The lowest BCUT2D eigenvalue weighted by molar-refractivity contribution is -0.121. The first kappa shape index (κ1) is 18.2. The van der Waals surface area contributed by atoms with Crippen LogP contribution in [0.25, 0.3) is 10.9 Å². The summed E-state index contributed by atoms with van der Waals surface area (Å²) in [5, 5.41) is 5.35. The minimum atomic E-state index is -0.538. The van der Waals surface area contributed by atoms with Crippen LogP contribution in [0.5, 0.6) is 0 Å². The summed E-state index contributed by atoms with van der Waals surface area (Å²) >= 11 is 0. The Morgan fingerprint density at radius 2 is 1.89 bits per heavy atom. The second-order valence-electron chi connectivity index (χ2n) is 5.89. The first-order chi connectivity index (χ1) is 13.0. The Morgan fingerprint density at radius 1 is 1.15 bits per heavy atom. The lowest BCUT2D eigenvalue weighted by atomic mass is 10.1. The molecule has 7 nitrogen and oxygen atoms in total. The van der Waals surface area contributed by atoms with E-state index in [0.29, 0.717) is 11.1 Å². The van der Waals surface area contributed by atoms with Crippen molar-refractivity contribution in [1.29, 1.82) is 0 Å². The molecule has 1 heterocycles. The van der Waals surface area contributed by atoms with Gasteiger partial charge < -0.3 is 10.6 Å².